The van der Waals surface area contributed by atoms with Gasteiger partial charge in [-0.25, -0.2) is 0 Å². The molecule has 0 aliphatic carbocycles. The second kappa shape index (κ2) is 9.18. The third kappa shape index (κ3) is 4.74. The summed E-state index contributed by atoms with van der Waals surface area (Å²) in [7, 11) is 0. The molecule has 1 saturated heterocycles. The largest absolute Gasteiger partial charge is 0.326 e. The van der Waals surface area contributed by atoms with Gasteiger partial charge in [0.15, 0.2) is 0 Å². The Morgan fingerprint density at radius 2 is 1.80 bits per heavy atom. The fourth-order valence-corrected chi connectivity index (χ4v) is 4.76. The van der Waals surface area contributed by atoms with Gasteiger partial charge in [0.2, 0.25) is 11.8 Å². The molecule has 0 radical (unpaired) electrons. The Morgan fingerprint density at radius 3 is 2.53 bits per heavy atom. The molecule has 1 fully saturated rings. The van der Waals surface area contributed by atoms with E-state index < -0.39 is 0 Å². The number of hydrogen-bond acceptors (Lipinski definition) is 3. The van der Waals surface area contributed by atoms with Crippen molar-refractivity contribution in [2.75, 3.05) is 16.0 Å². The van der Waals surface area contributed by atoms with Gasteiger partial charge in [0.1, 0.15) is 5.37 Å². The minimum absolute atomic E-state index is 0.00147. The topological polar surface area (TPSA) is 49.4 Å². The van der Waals surface area contributed by atoms with E-state index in [1.54, 1.807) is 11.8 Å². The first-order valence-corrected chi connectivity index (χ1v) is 11.1. The summed E-state index contributed by atoms with van der Waals surface area (Å²) in [4.78, 5) is 26.7. The first-order valence-electron chi connectivity index (χ1n) is 10.0. The standard InChI is InChI=1S/C25H24N2O2S/c1-18-6-5-9-22(16-18)27-24(29)17-30-25(27)20-11-13-21(14-12-20)26-23(28)15-10-19-7-3-2-4-8-19/h2-9,11-14,16,25H,10,15,17H2,1H3,(H,26,28). The number of benzene rings is 3. The van der Waals surface area contributed by atoms with Gasteiger partial charge in [-0.2, -0.15) is 0 Å². The molecule has 2 amide bonds. The molecule has 3 aromatic rings. The average molecular weight is 417 g/mol. The molecule has 1 aliphatic rings. The molecule has 1 heterocycles. The molecule has 3 aromatic carbocycles. The summed E-state index contributed by atoms with van der Waals surface area (Å²) >= 11 is 1.63. The number of thioether (sulfide) groups is 1. The van der Waals surface area contributed by atoms with Crippen LogP contribution in [0.5, 0.6) is 0 Å². The number of rotatable bonds is 6. The van der Waals surface area contributed by atoms with Crippen molar-refractivity contribution >= 4 is 35.0 Å². The van der Waals surface area contributed by atoms with Gasteiger partial charge in [-0.05, 0) is 54.3 Å². The van der Waals surface area contributed by atoms with Crippen LogP contribution < -0.4 is 10.2 Å². The Bertz CT molecular complexity index is 1030. The molecular weight excluding hydrogens is 392 g/mol. The third-order valence-electron chi connectivity index (χ3n) is 5.11. The number of anilines is 2. The van der Waals surface area contributed by atoms with Crippen molar-refractivity contribution in [1.82, 2.24) is 0 Å². The molecule has 1 aliphatic heterocycles. The lowest BCUT2D eigenvalue weighted by Gasteiger charge is -2.25. The second-order valence-electron chi connectivity index (χ2n) is 7.42. The quantitative estimate of drug-likeness (QED) is 0.590. The van der Waals surface area contributed by atoms with Crippen LogP contribution in [0.2, 0.25) is 0 Å². The summed E-state index contributed by atoms with van der Waals surface area (Å²) in [6, 6.07) is 25.8. The third-order valence-corrected chi connectivity index (χ3v) is 6.32. The lowest BCUT2D eigenvalue weighted by molar-refractivity contribution is -0.116. The lowest BCUT2D eigenvalue weighted by atomic mass is 10.1. The fourth-order valence-electron chi connectivity index (χ4n) is 3.58. The van der Waals surface area contributed by atoms with Crippen molar-refractivity contribution in [3.8, 4) is 0 Å². The number of nitrogens with zero attached hydrogens (tertiary/aromatic N) is 1. The summed E-state index contributed by atoms with van der Waals surface area (Å²) in [5.74, 6) is 0.587. The fraction of sp³-hybridized carbons (Fsp3) is 0.200. The van der Waals surface area contributed by atoms with Gasteiger partial charge in [-0.3, -0.25) is 14.5 Å². The number of carbonyl (C=O) groups excluding carboxylic acids is 2. The highest BCUT2D eigenvalue weighted by Gasteiger charge is 2.34. The van der Waals surface area contributed by atoms with Gasteiger partial charge in [-0.15, -0.1) is 11.8 Å². The van der Waals surface area contributed by atoms with Crippen LogP contribution in [0.4, 0.5) is 11.4 Å². The molecule has 0 aromatic heterocycles. The van der Waals surface area contributed by atoms with Crippen LogP contribution in [0.1, 0.15) is 28.5 Å². The van der Waals surface area contributed by atoms with E-state index >= 15 is 0 Å². The molecule has 1 atom stereocenters. The molecule has 4 rings (SSSR count). The van der Waals surface area contributed by atoms with Gasteiger partial charge >= 0.3 is 0 Å². The van der Waals surface area contributed by atoms with E-state index in [0.717, 1.165) is 34.5 Å². The van der Waals surface area contributed by atoms with Gasteiger partial charge < -0.3 is 5.32 Å². The number of aryl methyl sites for hydroxylation is 2. The van der Waals surface area contributed by atoms with Crippen molar-refractivity contribution in [2.45, 2.75) is 25.1 Å². The van der Waals surface area contributed by atoms with Crippen LogP contribution in [-0.4, -0.2) is 17.6 Å². The minimum Gasteiger partial charge on any atom is -0.326 e. The molecule has 1 N–H and O–H groups in total. The Labute approximate surface area is 181 Å². The lowest BCUT2D eigenvalue weighted by Crippen LogP contribution is -2.27. The average Bonchev–Trinajstić information content (AvgIpc) is 3.15. The summed E-state index contributed by atoms with van der Waals surface area (Å²) in [5, 5.41) is 2.91. The summed E-state index contributed by atoms with van der Waals surface area (Å²) in [6.45, 7) is 2.03. The Hall–Kier alpha value is -3.05. The number of amides is 2. The zero-order valence-electron chi connectivity index (χ0n) is 16.9. The molecule has 1 unspecified atom stereocenters. The predicted molar refractivity (Wildman–Crippen MR) is 124 cm³/mol. The van der Waals surface area contributed by atoms with Gasteiger partial charge in [-0.1, -0.05) is 54.6 Å². The highest BCUT2D eigenvalue weighted by atomic mass is 32.2. The normalized spacial score (nSPS) is 16.0. The van der Waals surface area contributed by atoms with Gasteiger partial charge in [0, 0.05) is 17.8 Å². The summed E-state index contributed by atoms with van der Waals surface area (Å²) < 4.78 is 0. The van der Waals surface area contributed by atoms with Crippen molar-refractivity contribution in [1.29, 1.82) is 0 Å². The number of nitrogens with one attached hydrogen (secondary N) is 1. The van der Waals surface area contributed by atoms with Gasteiger partial charge in [0.05, 0.1) is 5.75 Å². The van der Waals surface area contributed by atoms with Crippen molar-refractivity contribution in [3.05, 3.63) is 95.6 Å². The maximum atomic E-state index is 12.5. The second-order valence-corrected chi connectivity index (χ2v) is 8.49. The molecule has 30 heavy (non-hydrogen) atoms. The summed E-state index contributed by atoms with van der Waals surface area (Å²) in [5.41, 5.74) is 5.03. The highest BCUT2D eigenvalue weighted by molar-refractivity contribution is 8.00. The molecule has 0 bridgehead atoms. The Kier molecular flexibility index (Phi) is 6.19. The van der Waals surface area contributed by atoms with E-state index in [4.69, 9.17) is 0 Å². The van der Waals surface area contributed by atoms with Crippen LogP contribution in [0, 0.1) is 6.92 Å². The van der Waals surface area contributed by atoms with Crippen LogP contribution in [0.3, 0.4) is 0 Å². The molecule has 4 nitrogen and oxygen atoms in total. The molecule has 0 spiro atoms. The van der Waals surface area contributed by atoms with E-state index in [-0.39, 0.29) is 17.2 Å². The monoisotopic (exact) mass is 416 g/mol. The van der Waals surface area contributed by atoms with Crippen LogP contribution >= 0.6 is 11.8 Å². The van der Waals surface area contributed by atoms with Crippen LogP contribution in [0.15, 0.2) is 78.9 Å². The minimum atomic E-state index is -0.0536. The smallest absolute Gasteiger partial charge is 0.238 e. The molecule has 5 heteroatoms. The zero-order valence-corrected chi connectivity index (χ0v) is 17.7. The predicted octanol–water partition coefficient (Wildman–Crippen LogP) is 5.34. The SMILES string of the molecule is Cc1cccc(N2C(=O)CSC2c2ccc(NC(=O)CCc3ccccc3)cc2)c1. The number of carbonyl (C=O) groups is 2. The Balaban J connectivity index is 1.41. The summed E-state index contributed by atoms with van der Waals surface area (Å²) in [6.07, 6.45) is 1.16. The van der Waals surface area contributed by atoms with Crippen molar-refractivity contribution in [3.63, 3.8) is 0 Å². The first-order chi connectivity index (χ1) is 14.6. The van der Waals surface area contributed by atoms with Crippen LogP contribution in [0.25, 0.3) is 0 Å². The van der Waals surface area contributed by atoms with E-state index in [1.165, 1.54) is 0 Å². The maximum absolute atomic E-state index is 12.5. The maximum Gasteiger partial charge on any atom is 0.238 e. The highest BCUT2D eigenvalue weighted by Crippen LogP contribution is 2.42. The molecule has 152 valence electrons. The first kappa shape index (κ1) is 20.2. The van der Waals surface area contributed by atoms with E-state index in [1.807, 2.05) is 90.7 Å². The zero-order chi connectivity index (χ0) is 20.9. The van der Waals surface area contributed by atoms with Crippen molar-refractivity contribution in [2.24, 2.45) is 0 Å². The van der Waals surface area contributed by atoms with E-state index in [0.29, 0.717) is 12.2 Å². The van der Waals surface area contributed by atoms with E-state index in [2.05, 4.69) is 5.32 Å². The van der Waals surface area contributed by atoms with Crippen molar-refractivity contribution < 1.29 is 9.59 Å². The molecule has 0 saturated carbocycles. The van der Waals surface area contributed by atoms with Gasteiger partial charge in [0.25, 0.3) is 0 Å². The Morgan fingerprint density at radius 1 is 1.03 bits per heavy atom. The number of hydrogen-bond donors (Lipinski definition) is 1. The van der Waals surface area contributed by atoms with E-state index in [9.17, 15) is 9.59 Å². The molecular formula is C25H24N2O2S. The van der Waals surface area contributed by atoms with Crippen LogP contribution in [-0.2, 0) is 16.0 Å².